The molecule has 0 saturated carbocycles. The fourth-order valence-electron chi connectivity index (χ4n) is 1.92. The molecule has 3 aromatic rings. The van der Waals surface area contributed by atoms with Crippen molar-refractivity contribution in [3.8, 4) is 17.2 Å². The van der Waals surface area contributed by atoms with E-state index < -0.39 is 5.91 Å². The van der Waals surface area contributed by atoms with Gasteiger partial charge >= 0.3 is 0 Å². The van der Waals surface area contributed by atoms with Gasteiger partial charge in [0.1, 0.15) is 5.75 Å². The average Bonchev–Trinajstić information content (AvgIpc) is 3.02. The SMILES string of the molecule is NC(=O)c1ccc(OCc2nnc(-c3ccccc3Br)o2)cc1. The van der Waals surface area contributed by atoms with Crippen LogP contribution in [0.3, 0.4) is 0 Å². The van der Waals surface area contributed by atoms with Gasteiger partial charge in [0.2, 0.25) is 11.8 Å². The number of primary amides is 1. The maximum absolute atomic E-state index is 11.0. The van der Waals surface area contributed by atoms with E-state index in [1.807, 2.05) is 24.3 Å². The lowest BCUT2D eigenvalue weighted by Crippen LogP contribution is -2.10. The van der Waals surface area contributed by atoms with Gasteiger partial charge in [0, 0.05) is 10.0 Å². The third-order valence-corrected chi connectivity index (χ3v) is 3.76. The predicted octanol–water partition coefficient (Wildman–Crippen LogP) is 3.18. The third-order valence-electron chi connectivity index (χ3n) is 3.07. The van der Waals surface area contributed by atoms with Crippen LogP contribution >= 0.6 is 15.9 Å². The van der Waals surface area contributed by atoms with Gasteiger partial charge < -0.3 is 14.9 Å². The summed E-state index contributed by atoms with van der Waals surface area (Å²) in [5, 5.41) is 7.97. The predicted molar refractivity (Wildman–Crippen MR) is 86.7 cm³/mol. The number of halogens is 1. The Morgan fingerprint density at radius 3 is 2.57 bits per heavy atom. The number of amides is 1. The van der Waals surface area contributed by atoms with Crippen molar-refractivity contribution in [1.29, 1.82) is 0 Å². The van der Waals surface area contributed by atoms with Crippen LogP contribution in [0.25, 0.3) is 11.5 Å². The smallest absolute Gasteiger partial charge is 0.254 e. The highest BCUT2D eigenvalue weighted by Crippen LogP contribution is 2.26. The monoisotopic (exact) mass is 373 g/mol. The Morgan fingerprint density at radius 1 is 1.13 bits per heavy atom. The van der Waals surface area contributed by atoms with Crippen molar-refractivity contribution in [2.24, 2.45) is 5.73 Å². The standard InChI is InChI=1S/C16H12BrN3O3/c17-13-4-2-1-3-12(13)16-20-19-14(23-16)9-22-11-7-5-10(6-8-11)15(18)21/h1-8H,9H2,(H2,18,21). The largest absolute Gasteiger partial charge is 0.484 e. The molecular formula is C16H12BrN3O3. The van der Waals surface area contributed by atoms with Gasteiger partial charge in [-0.3, -0.25) is 4.79 Å². The first-order valence-electron chi connectivity index (χ1n) is 6.73. The first kappa shape index (κ1) is 15.2. The lowest BCUT2D eigenvalue weighted by Gasteiger charge is -2.03. The first-order chi connectivity index (χ1) is 11.1. The van der Waals surface area contributed by atoms with Crippen molar-refractivity contribution in [2.45, 2.75) is 6.61 Å². The molecule has 0 spiro atoms. The summed E-state index contributed by atoms with van der Waals surface area (Å²) in [6.07, 6.45) is 0. The number of benzene rings is 2. The summed E-state index contributed by atoms with van der Waals surface area (Å²) >= 11 is 3.44. The van der Waals surface area contributed by atoms with Crippen LogP contribution in [0.15, 0.2) is 57.4 Å². The van der Waals surface area contributed by atoms with Crippen molar-refractivity contribution < 1.29 is 13.9 Å². The number of carbonyl (C=O) groups excluding carboxylic acids is 1. The van der Waals surface area contributed by atoms with Crippen LogP contribution in [-0.4, -0.2) is 16.1 Å². The van der Waals surface area contributed by atoms with Crippen LogP contribution in [0.4, 0.5) is 0 Å². The molecule has 0 aliphatic heterocycles. The number of hydrogen-bond acceptors (Lipinski definition) is 5. The zero-order valence-corrected chi connectivity index (χ0v) is 13.5. The van der Waals surface area contributed by atoms with Gasteiger partial charge in [-0.25, -0.2) is 0 Å². The normalized spacial score (nSPS) is 10.5. The van der Waals surface area contributed by atoms with E-state index in [4.69, 9.17) is 14.9 Å². The molecule has 1 aromatic heterocycles. The molecule has 6 nitrogen and oxygen atoms in total. The lowest BCUT2D eigenvalue weighted by atomic mass is 10.2. The Morgan fingerprint density at radius 2 is 1.87 bits per heavy atom. The average molecular weight is 374 g/mol. The Balaban J connectivity index is 1.68. The third kappa shape index (κ3) is 3.57. The molecule has 3 rings (SSSR count). The summed E-state index contributed by atoms with van der Waals surface area (Å²) in [7, 11) is 0. The van der Waals surface area contributed by atoms with Crippen molar-refractivity contribution in [2.75, 3.05) is 0 Å². The summed E-state index contributed by atoms with van der Waals surface area (Å²) in [4.78, 5) is 11.0. The fraction of sp³-hybridized carbons (Fsp3) is 0.0625. The molecular weight excluding hydrogens is 362 g/mol. The Hall–Kier alpha value is -2.67. The zero-order valence-electron chi connectivity index (χ0n) is 11.9. The number of nitrogens with zero attached hydrogens (tertiary/aromatic N) is 2. The summed E-state index contributed by atoms with van der Waals surface area (Å²) in [6, 6.07) is 14.1. The van der Waals surface area contributed by atoms with E-state index in [2.05, 4.69) is 26.1 Å². The van der Waals surface area contributed by atoms with Crippen LogP contribution in [-0.2, 0) is 6.61 Å². The highest BCUT2D eigenvalue weighted by molar-refractivity contribution is 9.10. The van der Waals surface area contributed by atoms with Gasteiger partial charge in [0.15, 0.2) is 6.61 Å². The molecule has 0 fully saturated rings. The van der Waals surface area contributed by atoms with E-state index >= 15 is 0 Å². The van der Waals surface area contributed by atoms with E-state index in [0.29, 0.717) is 23.1 Å². The molecule has 2 N–H and O–H groups in total. The van der Waals surface area contributed by atoms with Crippen molar-refractivity contribution in [1.82, 2.24) is 10.2 Å². The number of carbonyl (C=O) groups is 1. The number of rotatable bonds is 5. The van der Waals surface area contributed by atoms with Crippen LogP contribution in [0, 0.1) is 0 Å². The van der Waals surface area contributed by atoms with Gasteiger partial charge in [0.05, 0.1) is 5.56 Å². The molecule has 0 aliphatic carbocycles. The lowest BCUT2D eigenvalue weighted by molar-refractivity contribution is 0.1000. The molecule has 2 aromatic carbocycles. The van der Waals surface area contributed by atoms with Gasteiger partial charge in [-0.2, -0.15) is 0 Å². The van der Waals surface area contributed by atoms with Crippen LogP contribution in [0.1, 0.15) is 16.2 Å². The molecule has 0 saturated heterocycles. The zero-order chi connectivity index (χ0) is 16.2. The number of aromatic nitrogens is 2. The number of hydrogen-bond donors (Lipinski definition) is 1. The summed E-state index contributed by atoms with van der Waals surface area (Å²) in [5.41, 5.74) is 6.42. The molecule has 1 amide bonds. The Labute approximate surface area is 140 Å². The molecule has 23 heavy (non-hydrogen) atoms. The second-order valence-corrected chi connectivity index (χ2v) is 5.51. The topological polar surface area (TPSA) is 91.2 Å². The molecule has 0 radical (unpaired) electrons. The minimum atomic E-state index is -0.480. The van der Waals surface area contributed by atoms with Crippen molar-refractivity contribution >= 4 is 21.8 Å². The minimum Gasteiger partial charge on any atom is -0.484 e. The molecule has 0 aliphatic rings. The van der Waals surface area contributed by atoms with Gasteiger partial charge in [0.25, 0.3) is 5.89 Å². The van der Waals surface area contributed by atoms with E-state index in [1.165, 1.54) is 0 Å². The highest BCUT2D eigenvalue weighted by Gasteiger charge is 2.11. The Bertz CT molecular complexity index is 831. The second kappa shape index (κ2) is 6.62. The van der Waals surface area contributed by atoms with Gasteiger partial charge in [-0.1, -0.05) is 12.1 Å². The molecule has 1 heterocycles. The summed E-state index contributed by atoms with van der Waals surface area (Å²) in [6.45, 7) is 0.132. The molecule has 7 heteroatoms. The van der Waals surface area contributed by atoms with Crippen molar-refractivity contribution in [3.63, 3.8) is 0 Å². The summed E-state index contributed by atoms with van der Waals surface area (Å²) < 4.78 is 12.0. The van der Waals surface area contributed by atoms with E-state index in [0.717, 1.165) is 10.0 Å². The number of ether oxygens (including phenoxy) is 1. The Kier molecular flexibility index (Phi) is 4.38. The summed E-state index contributed by atoms with van der Waals surface area (Å²) in [5.74, 6) is 0.872. The maximum atomic E-state index is 11.0. The van der Waals surface area contributed by atoms with Gasteiger partial charge in [-0.05, 0) is 52.3 Å². The quantitative estimate of drug-likeness (QED) is 0.741. The van der Waals surface area contributed by atoms with Gasteiger partial charge in [-0.15, -0.1) is 10.2 Å². The molecule has 0 atom stereocenters. The van der Waals surface area contributed by atoms with E-state index in [1.54, 1.807) is 24.3 Å². The van der Waals surface area contributed by atoms with Crippen LogP contribution in [0.5, 0.6) is 5.75 Å². The van der Waals surface area contributed by atoms with E-state index in [9.17, 15) is 4.79 Å². The van der Waals surface area contributed by atoms with Crippen molar-refractivity contribution in [3.05, 3.63) is 64.5 Å². The number of nitrogens with two attached hydrogens (primary N) is 1. The van der Waals surface area contributed by atoms with E-state index in [-0.39, 0.29) is 6.61 Å². The second-order valence-electron chi connectivity index (χ2n) is 4.66. The van der Waals surface area contributed by atoms with Crippen LogP contribution < -0.4 is 10.5 Å². The molecule has 0 unspecified atom stereocenters. The van der Waals surface area contributed by atoms with Crippen LogP contribution in [0.2, 0.25) is 0 Å². The molecule has 0 bridgehead atoms. The fourth-order valence-corrected chi connectivity index (χ4v) is 2.37. The minimum absolute atomic E-state index is 0.132. The molecule has 116 valence electrons. The maximum Gasteiger partial charge on any atom is 0.254 e. The first-order valence-corrected chi connectivity index (χ1v) is 7.53. The highest BCUT2D eigenvalue weighted by atomic mass is 79.9.